The molecule has 2 N–H and O–H groups in total. The van der Waals surface area contributed by atoms with E-state index in [9.17, 15) is 0 Å². The third-order valence-electron chi connectivity index (χ3n) is 1.94. The van der Waals surface area contributed by atoms with E-state index in [1.807, 2.05) is 32.0 Å². The molecule has 0 saturated carbocycles. The number of ether oxygens (including phenoxy) is 1. The molecule has 14 heavy (non-hydrogen) atoms. The minimum Gasteiger partial charge on any atom is -0.488 e. The second kappa shape index (κ2) is 4.67. The Morgan fingerprint density at radius 2 is 2.14 bits per heavy atom. The Morgan fingerprint density at radius 1 is 1.43 bits per heavy atom. The van der Waals surface area contributed by atoms with Gasteiger partial charge in [-0.3, -0.25) is 0 Å². The first kappa shape index (κ1) is 11.3. The van der Waals surface area contributed by atoms with E-state index in [2.05, 4.69) is 0 Å². The first-order valence-electron chi connectivity index (χ1n) is 4.68. The third-order valence-corrected chi connectivity index (χ3v) is 2.17. The number of benzene rings is 1. The molecule has 0 spiro atoms. The lowest BCUT2D eigenvalue weighted by molar-refractivity contribution is 0.102. The predicted octanol–water partition coefficient (Wildman–Crippen LogP) is 2.85. The lowest BCUT2D eigenvalue weighted by Crippen LogP contribution is -2.31. The molecule has 2 nitrogen and oxygen atoms in total. The van der Waals surface area contributed by atoms with Crippen molar-refractivity contribution in [3.8, 4) is 5.75 Å². The maximum Gasteiger partial charge on any atom is 0.121 e. The molecule has 3 heteroatoms. The Balaban J connectivity index is 2.68. The van der Waals surface area contributed by atoms with Gasteiger partial charge in [0.15, 0.2) is 0 Å². The minimum absolute atomic E-state index is 0.237. The summed E-state index contributed by atoms with van der Waals surface area (Å²) in [5.41, 5.74) is 5.26. The number of halogens is 1. The van der Waals surface area contributed by atoms with Crippen molar-refractivity contribution in [3.63, 3.8) is 0 Å². The summed E-state index contributed by atoms with van der Waals surface area (Å²) in [7, 11) is 0. The van der Waals surface area contributed by atoms with Crippen LogP contribution in [0.3, 0.4) is 0 Å². The van der Waals surface area contributed by atoms with Gasteiger partial charge in [0, 0.05) is 5.02 Å². The Bertz CT molecular complexity index is 299. The van der Waals surface area contributed by atoms with Gasteiger partial charge in [0.05, 0.1) is 0 Å². The molecule has 0 aliphatic rings. The summed E-state index contributed by atoms with van der Waals surface area (Å²) in [6, 6.07) is 7.39. The molecule has 0 bridgehead atoms. The zero-order valence-corrected chi connectivity index (χ0v) is 9.34. The van der Waals surface area contributed by atoms with Crippen LogP contribution in [0.5, 0.6) is 5.75 Å². The van der Waals surface area contributed by atoms with Crippen molar-refractivity contribution in [2.45, 2.75) is 25.9 Å². The maximum atomic E-state index is 5.85. The maximum absolute atomic E-state index is 5.85. The van der Waals surface area contributed by atoms with E-state index < -0.39 is 0 Å². The van der Waals surface area contributed by atoms with Gasteiger partial charge in [0.2, 0.25) is 0 Å². The lowest BCUT2D eigenvalue weighted by atomic mass is 10.1. The van der Waals surface area contributed by atoms with Gasteiger partial charge in [-0.1, -0.05) is 17.7 Å². The Morgan fingerprint density at radius 3 is 2.71 bits per heavy atom. The van der Waals surface area contributed by atoms with Crippen LogP contribution in [0.1, 0.15) is 20.3 Å². The normalized spacial score (nSPS) is 11.4. The molecule has 0 unspecified atom stereocenters. The molecule has 0 heterocycles. The molecule has 0 amide bonds. The van der Waals surface area contributed by atoms with Crippen molar-refractivity contribution in [3.05, 3.63) is 29.3 Å². The fourth-order valence-electron chi connectivity index (χ4n) is 1.25. The highest BCUT2D eigenvalue weighted by Gasteiger charge is 2.18. The molecule has 78 valence electrons. The average Bonchev–Trinajstić information content (AvgIpc) is 2.02. The summed E-state index contributed by atoms with van der Waals surface area (Å²) < 4.78 is 5.76. The lowest BCUT2D eigenvalue weighted by Gasteiger charge is -2.25. The van der Waals surface area contributed by atoms with Crippen molar-refractivity contribution in [1.82, 2.24) is 0 Å². The van der Waals surface area contributed by atoms with Gasteiger partial charge < -0.3 is 10.5 Å². The van der Waals surface area contributed by atoms with Crippen LogP contribution in [0.2, 0.25) is 5.02 Å². The molecule has 0 aromatic heterocycles. The van der Waals surface area contributed by atoms with Crippen LogP contribution < -0.4 is 10.5 Å². The van der Waals surface area contributed by atoms with Gasteiger partial charge >= 0.3 is 0 Å². The van der Waals surface area contributed by atoms with Crippen molar-refractivity contribution in [2.24, 2.45) is 5.73 Å². The first-order valence-corrected chi connectivity index (χ1v) is 5.06. The zero-order valence-electron chi connectivity index (χ0n) is 8.59. The Labute approximate surface area is 90.0 Å². The molecule has 1 rings (SSSR count). The van der Waals surface area contributed by atoms with Crippen LogP contribution in [-0.2, 0) is 0 Å². The zero-order chi connectivity index (χ0) is 10.6. The number of rotatable bonds is 4. The fourth-order valence-corrected chi connectivity index (χ4v) is 1.43. The van der Waals surface area contributed by atoms with E-state index in [4.69, 9.17) is 22.1 Å². The van der Waals surface area contributed by atoms with Crippen LogP contribution in [0.25, 0.3) is 0 Å². The van der Waals surface area contributed by atoms with E-state index in [1.165, 1.54) is 0 Å². The monoisotopic (exact) mass is 213 g/mol. The summed E-state index contributed by atoms with van der Waals surface area (Å²) in [6.45, 7) is 4.65. The summed E-state index contributed by atoms with van der Waals surface area (Å²) in [6.07, 6.45) is 0.819. The van der Waals surface area contributed by atoms with Crippen LogP contribution in [0.15, 0.2) is 24.3 Å². The van der Waals surface area contributed by atoms with Crippen molar-refractivity contribution in [1.29, 1.82) is 0 Å². The SMILES string of the molecule is CC(C)(CCN)Oc1cccc(Cl)c1. The third kappa shape index (κ3) is 3.56. The molecule has 0 saturated heterocycles. The first-order chi connectivity index (χ1) is 6.53. The minimum atomic E-state index is -0.237. The van der Waals surface area contributed by atoms with E-state index in [0.29, 0.717) is 11.6 Å². The largest absolute Gasteiger partial charge is 0.488 e. The second-order valence-electron chi connectivity index (χ2n) is 3.86. The molecule has 0 fully saturated rings. The highest BCUT2D eigenvalue weighted by molar-refractivity contribution is 6.30. The molecule has 0 aliphatic heterocycles. The van der Waals surface area contributed by atoms with E-state index in [1.54, 1.807) is 6.07 Å². The summed E-state index contributed by atoms with van der Waals surface area (Å²) >= 11 is 5.85. The molecule has 0 atom stereocenters. The van der Waals surface area contributed by atoms with Gasteiger partial charge in [0.25, 0.3) is 0 Å². The van der Waals surface area contributed by atoms with E-state index >= 15 is 0 Å². The van der Waals surface area contributed by atoms with Gasteiger partial charge in [-0.2, -0.15) is 0 Å². The number of hydrogen-bond acceptors (Lipinski definition) is 2. The van der Waals surface area contributed by atoms with Crippen LogP contribution in [-0.4, -0.2) is 12.1 Å². The molecule has 1 aromatic carbocycles. The average molecular weight is 214 g/mol. The van der Waals surface area contributed by atoms with Crippen LogP contribution >= 0.6 is 11.6 Å². The second-order valence-corrected chi connectivity index (χ2v) is 4.29. The number of hydrogen-bond donors (Lipinski definition) is 1. The summed E-state index contributed by atoms with van der Waals surface area (Å²) in [5, 5.41) is 0.686. The number of nitrogens with two attached hydrogens (primary N) is 1. The molecule has 0 radical (unpaired) electrons. The molecular weight excluding hydrogens is 198 g/mol. The van der Waals surface area contributed by atoms with E-state index in [-0.39, 0.29) is 5.60 Å². The highest BCUT2D eigenvalue weighted by Crippen LogP contribution is 2.23. The van der Waals surface area contributed by atoms with Crippen LogP contribution in [0.4, 0.5) is 0 Å². The van der Waals surface area contributed by atoms with Gasteiger partial charge in [-0.15, -0.1) is 0 Å². The smallest absolute Gasteiger partial charge is 0.121 e. The van der Waals surface area contributed by atoms with Crippen molar-refractivity contribution >= 4 is 11.6 Å². The topological polar surface area (TPSA) is 35.2 Å². The van der Waals surface area contributed by atoms with Crippen molar-refractivity contribution < 1.29 is 4.74 Å². The fraction of sp³-hybridized carbons (Fsp3) is 0.455. The quantitative estimate of drug-likeness (QED) is 0.835. The highest BCUT2D eigenvalue weighted by atomic mass is 35.5. The molecular formula is C11H16ClNO. The summed E-state index contributed by atoms with van der Waals surface area (Å²) in [4.78, 5) is 0. The summed E-state index contributed by atoms with van der Waals surface area (Å²) in [5.74, 6) is 0.788. The molecule has 0 aliphatic carbocycles. The van der Waals surface area contributed by atoms with E-state index in [0.717, 1.165) is 12.2 Å². The predicted molar refractivity (Wildman–Crippen MR) is 59.8 cm³/mol. The van der Waals surface area contributed by atoms with Crippen LogP contribution in [0, 0.1) is 0 Å². The Kier molecular flexibility index (Phi) is 3.78. The van der Waals surface area contributed by atoms with Gasteiger partial charge in [-0.25, -0.2) is 0 Å². The standard InChI is InChI=1S/C11H16ClNO/c1-11(2,6-7-13)14-10-5-3-4-9(12)8-10/h3-5,8H,6-7,13H2,1-2H3. The van der Waals surface area contributed by atoms with Gasteiger partial charge in [-0.05, 0) is 45.0 Å². The van der Waals surface area contributed by atoms with Crippen molar-refractivity contribution in [2.75, 3.05) is 6.54 Å². The Hall–Kier alpha value is -0.730. The molecule has 1 aromatic rings. The van der Waals surface area contributed by atoms with Gasteiger partial charge in [0.1, 0.15) is 11.4 Å².